The molecule has 7 nitrogen and oxygen atoms in total. The van der Waals surface area contributed by atoms with Gasteiger partial charge in [0.25, 0.3) is 0 Å². The maximum Gasteiger partial charge on any atom is 0.241 e. The van der Waals surface area contributed by atoms with Crippen molar-refractivity contribution >= 4 is 21.6 Å². The predicted octanol–water partition coefficient (Wildman–Crippen LogP) is 2.56. The average molecular weight is 407 g/mol. The van der Waals surface area contributed by atoms with Crippen molar-refractivity contribution in [3.05, 3.63) is 54.1 Å². The first-order chi connectivity index (χ1) is 13.2. The van der Waals surface area contributed by atoms with Gasteiger partial charge in [-0.25, -0.2) is 8.42 Å². The van der Waals surface area contributed by atoms with Crippen LogP contribution in [-0.2, 0) is 21.4 Å². The zero-order valence-corrected chi connectivity index (χ0v) is 17.3. The maximum atomic E-state index is 12.3. The fourth-order valence-corrected chi connectivity index (χ4v) is 3.36. The standard InChI is InChI=1S/C20H26N2O5S/c1-15(2)27-18-10-8-16(9-11-18)13-21-20(23)14-22(28(4,24)25)17-6-5-7-19(12-17)26-3/h5-12,15H,13-14H2,1-4H3,(H,21,23). The summed E-state index contributed by atoms with van der Waals surface area (Å²) in [4.78, 5) is 12.3. The number of amides is 1. The fourth-order valence-electron chi connectivity index (χ4n) is 2.51. The van der Waals surface area contributed by atoms with E-state index in [1.54, 1.807) is 24.3 Å². The van der Waals surface area contributed by atoms with Gasteiger partial charge in [0.15, 0.2) is 0 Å². The van der Waals surface area contributed by atoms with E-state index in [4.69, 9.17) is 9.47 Å². The van der Waals surface area contributed by atoms with Crippen LogP contribution in [-0.4, -0.2) is 40.3 Å². The van der Waals surface area contributed by atoms with Crippen LogP contribution in [0.3, 0.4) is 0 Å². The molecule has 0 unspecified atom stereocenters. The minimum atomic E-state index is -3.64. The van der Waals surface area contributed by atoms with E-state index in [0.717, 1.165) is 21.9 Å². The third-order valence-corrected chi connectivity index (χ3v) is 4.95. The van der Waals surface area contributed by atoms with Gasteiger partial charge in [-0.1, -0.05) is 18.2 Å². The Bertz CT molecular complexity index is 895. The molecule has 0 spiro atoms. The second kappa shape index (κ2) is 9.45. The highest BCUT2D eigenvalue weighted by atomic mass is 32.2. The van der Waals surface area contributed by atoms with Crippen molar-refractivity contribution in [1.82, 2.24) is 5.32 Å². The van der Waals surface area contributed by atoms with Crippen molar-refractivity contribution in [2.75, 3.05) is 24.2 Å². The van der Waals surface area contributed by atoms with Crippen molar-refractivity contribution in [3.63, 3.8) is 0 Å². The minimum Gasteiger partial charge on any atom is -0.497 e. The van der Waals surface area contributed by atoms with E-state index in [-0.39, 0.29) is 19.2 Å². The number of nitrogens with one attached hydrogen (secondary N) is 1. The second-order valence-electron chi connectivity index (χ2n) is 6.56. The molecule has 0 aromatic heterocycles. The summed E-state index contributed by atoms with van der Waals surface area (Å²) >= 11 is 0. The lowest BCUT2D eigenvalue weighted by Crippen LogP contribution is -2.40. The van der Waals surface area contributed by atoms with Gasteiger partial charge < -0.3 is 14.8 Å². The first-order valence-electron chi connectivity index (χ1n) is 8.83. The van der Waals surface area contributed by atoms with Crippen LogP contribution in [0.5, 0.6) is 11.5 Å². The molecule has 1 amide bonds. The van der Waals surface area contributed by atoms with Gasteiger partial charge in [-0.05, 0) is 43.7 Å². The molecule has 0 aliphatic carbocycles. The zero-order valence-electron chi connectivity index (χ0n) is 16.5. The first kappa shape index (κ1) is 21.6. The van der Waals surface area contributed by atoms with Crippen LogP contribution in [0, 0.1) is 0 Å². The van der Waals surface area contributed by atoms with Crippen molar-refractivity contribution in [2.24, 2.45) is 0 Å². The molecule has 8 heteroatoms. The van der Waals surface area contributed by atoms with Crippen LogP contribution in [0.2, 0.25) is 0 Å². The Morgan fingerprint density at radius 1 is 1.11 bits per heavy atom. The fraction of sp³-hybridized carbons (Fsp3) is 0.350. The number of hydrogen-bond acceptors (Lipinski definition) is 5. The molecule has 0 fully saturated rings. The molecule has 0 atom stereocenters. The quantitative estimate of drug-likeness (QED) is 0.692. The third kappa shape index (κ3) is 6.45. The van der Waals surface area contributed by atoms with Crippen LogP contribution in [0.15, 0.2) is 48.5 Å². The summed E-state index contributed by atoms with van der Waals surface area (Å²) in [6.07, 6.45) is 1.15. The summed E-state index contributed by atoms with van der Waals surface area (Å²) in [5.74, 6) is 0.859. The normalized spacial score (nSPS) is 11.2. The van der Waals surface area contributed by atoms with Crippen LogP contribution in [0.4, 0.5) is 5.69 Å². The Labute approximate surface area is 166 Å². The molecule has 1 N–H and O–H groups in total. The van der Waals surface area contributed by atoms with Crippen molar-refractivity contribution in [1.29, 1.82) is 0 Å². The Hall–Kier alpha value is -2.74. The molecule has 0 saturated heterocycles. The molecular formula is C20H26N2O5S. The second-order valence-corrected chi connectivity index (χ2v) is 8.47. The number of methoxy groups -OCH3 is 1. The number of carbonyl (C=O) groups is 1. The van der Waals surface area contributed by atoms with Gasteiger partial charge >= 0.3 is 0 Å². The topological polar surface area (TPSA) is 84.9 Å². The Balaban J connectivity index is 2.02. The van der Waals surface area contributed by atoms with Gasteiger partial charge in [0.05, 0.1) is 25.2 Å². The average Bonchev–Trinajstić information content (AvgIpc) is 2.64. The van der Waals surface area contributed by atoms with E-state index in [2.05, 4.69) is 5.32 Å². The van der Waals surface area contributed by atoms with Crippen molar-refractivity contribution in [3.8, 4) is 11.5 Å². The van der Waals surface area contributed by atoms with Gasteiger partial charge in [-0.3, -0.25) is 9.10 Å². The molecule has 2 rings (SSSR count). The van der Waals surface area contributed by atoms with Crippen molar-refractivity contribution < 1.29 is 22.7 Å². The number of sulfonamides is 1. The lowest BCUT2D eigenvalue weighted by molar-refractivity contribution is -0.119. The van der Waals surface area contributed by atoms with Crippen LogP contribution in [0.25, 0.3) is 0 Å². The summed E-state index contributed by atoms with van der Waals surface area (Å²) in [6, 6.07) is 13.9. The smallest absolute Gasteiger partial charge is 0.241 e. The Morgan fingerprint density at radius 3 is 2.36 bits per heavy atom. The number of hydrogen-bond donors (Lipinski definition) is 1. The largest absolute Gasteiger partial charge is 0.497 e. The zero-order chi connectivity index (χ0) is 20.7. The summed E-state index contributed by atoms with van der Waals surface area (Å²) < 4.78 is 36.1. The molecule has 2 aromatic carbocycles. The van der Waals surface area contributed by atoms with E-state index in [1.165, 1.54) is 7.11 Å². The van der Waals surface area contributed by atoms with Crippen LogP contribution < -0.4 is 19.1 Å². The Morgan fingerprint density at radius 2 is 1.79 bits per heavy atom. The highest BCUT2D eigenvalue weighted by Gasteiger charge is 2.21. The van der Waals surface area contributed by atoms with Gasteiger partial charge in [0, 0.05) is 12.6 Å². The highest BCUT2D eigenvalue weighted by Crippen LogP contribution is 2.22. The molecule has 0 heterocycles. The van der Waals surface area contributed by atoms with E-state index >= 15 is 0 Å². The van der Waals surface area contributed by atoms with E-state index < -0.39 is 15.9 Å². The molecule has 28 heavy (non-hydrogen) atoms. The molecule has 0 radical (unpaired) electrons. The lowest BCUT2D eigenvalue weighted by atomic mass is 10.2. The summed E-state index contributed by atoms with van der Waals surface area (Å²) in [5.41, 5.74) is 1.25. The van der Waals surface area contributed by atoms with Gasteiger partial charge in [0.1, 0.15) is 18.0 Å². The molecule has 0 saturated carbocycles. The summed E-state index contributed by atoms with van der Waals surface area (Å²) in [6.45, 7) is 3.87. The highest BCUT2D eigenvalue weighted by molar-refractivity contribution is 7.92. The molecule has 0 aliphatic rings. The van der Waals surface area contributed by atoms with Gasteiger partial charge in [-0.2, -0.15) is 0 Å². The van der Waals surface area contributed by atoms with Gasteiger partial charge in [0.2, 0.25) is 15.9 Å². The summed E-state index contributed by atoms with van der Waals surface area (Å²) in [7, 11) is -2.14. The lowest BCUT2D eigenvalue weighted by Gasteiger charge is -2.22. The predicted molar refractivity (Wildman–Crippen MR) is 109 cm³/mol. The van der Waals surface area contributed by atoms with Gasteiger partial charge in [-0.15, -0.1) is 0 Å². The van der Waals surface area contributed by atoms with E-state index in [0.29, 0.717) is 11.4 Å². The third-order valence-electron chi connectivity index (χ3n) is 3.81. The number of nitrogens with zero attached hydrogens (tertiary/aromatic N) is 1. The molecule has 152 valence electrons. The maximum absolute atomic E-state index is 12.3. The molecular weight excluding hydrogens is 380 g/mol. The number of ether oxygens (including phenoxy) is 2. The first-order valence-corrected chi connectivity index (χ1v) is 10.7. The molecule has 0 aliphatic heterocycles. The molecule has 2 aromatic rings. The van der Waals surface area contributed by atoms with Crippen LogP contribution >= 0.6 is 0 Å². The number of rotatable bonds is 9. The molecule has 0 bridgehead atoms. The number of benzene rings is 2. The number of anilines is 1. The SMILES string of the molecule is COc1cccc(N(CC(=O)NCc2ccc(OC(C)C)cc2)S(C)(=O)=O)c1. The van der Waals surface area contributed by atoms with E-state index in [1.807, 2.05) is 38.1 Å². The monoisotopic (exact) mass is 406 g/mol. The minimum absolute atomic E-state index is 0.0872. The summed E-state index contributed by atoms with van der Waals surface area (Å²) in [5, 5.41) is 2.74. The van der Waals surface area contributed by atoms with E-state index in [9.17, 15) is 13.2 Å². The number of carbonyl (C=O) groups excluding carboxylic acids is 1. The Kier molecular flexibility index (Phi) is 7.28. The van der Waals surface area contributed by atoms with Crippen molar-refractivity contribution in [2.45, 2.75) is 26.5 Å². The van der Waals surface area contributed by atoms with Crippen LogP contribution in [0.1, 0.15) is 19.4 Å².